The highest BCUT2D eigenvalue weighted by molar-refractivity contribution is 6.30. The monoisotopic (exact) mass is 293 g/mol. The predicted molar refractivity (Wildman–Crippen MR) is 84.4 cm³/mol. The van der Waals surface area contributed by atoms with Crippen molar-refractivity contribution in [3.63, 3.8) is 0 Å². The second-order valence-corrected chi connectivity index (χ2v) is 6.34. The summed E-state index contributed by atoms with van der Waals surface area (Å²) in [6.07, 6.45) is 3.70. The maximum Gasteiger partial charge on any atom is 0.0406 e. The number of rotatable bonds is 3. The lowest BCUT2D eigenvalue weighted by Crippen LogP contribution is -2.57. The molecule has 0 spiro atoms. The van der Waals surface area contributed by atoms with E-state index < -0.39 is 0 Å². The van der Waals surface area contributed by atoms with Crippen LogP contribution >= 0.6 is 11.6 Å². The van der Waals surface area contributed by atoms with Crippen LogP contribution in [0, 0.1) is 0 Å². The van der Waals surface area contributed by atoms with Crippen molar-refractivity contribution in [3.05, 3.63) is 34.9 Å². The lowest BCUT2D eigenvalue weighted by Gasteiger charge is -2.43. The van der Waals surface area contributed by atoms with Crippen LogP contribution in [0.5, 0.6) is 0 Å². The molecule has 1 aromatic carbocycles. The van der Waals surface area contributed by atoms with Crippen LogP contribution in [-0.2, 0) is 6.42 Å². The fourth-order valence-corrected chi connectivity index (χ4v) is 3.60. The average Bonchev–Trinajstić information content (AvgIpc) is 2.51. The van der Waals surface area contributed by atoms with Gasteiger partial charge in [0, 0.05) is 36.7 Å². The minimum absolute atomic E-state index is 0.619. The summed E-state index contributed by atoms with van der Waals surface area (Å²) in [6, 6.07) is 9.71. The van der Waals surface area contributed by atoms with Crippen molar-refractivity contribution in [2.24, 2.45) is 0 Å². The van der Waals surface area contributed by atoms with Crippen LogP contribution < -0.4 is 10.6 Å². The predicted octanol–water partition coefficient (Wildman–Crippen LogP) is 1.91. The first kappa shape index (κ1) is 14.3. The van der Waals surface area contributed by atoms with Crippen molar-refractivity contribution >= 4 is 11.6 Å². The molecule has 2 heterocycles. The number of piperazine rings is 1. The van der Waals surface area contributed by atoms with Gasteiger partial charge in [0.05, 0.1) is 0 Å². The van der Waals surface area contributed by atoms with Crippen LogP contribution in [0.3, 0.4) is 0 Å². The minimum atomic E-state index is 0.619. The smallest absolute Gasteiger partial charge is 0.0406 e. The van der Waals surface area contributed by atoms with E-state index in [0.717, 1.165) is 30.6 Å². The topological polar surface area (TPSA) is 27.3 Å². The number of benzene rings is 1. The molecule has 0 aliphatic carbocycles. The van der Waals surface area contributed by atoms with Crippen LogP contribution in [0.4, 0.5) is 0 Å². The van der Waals surface area contributed by atoms with Gasteiger partial charge in [-0.15, -0.1) is 0 Å². The fraction of sp³-hybridized carbons (Fsp3) is 0.625. The summed E-state index contributed by atoms with van der Waals surface area (Å²) in [4.78, 5) is 2.74. The number of hydrogen-bond donors (Lipinski definition) is 2. The molecule has 0 bridgehead atoms. The fourth-order valence-electron chi connectivity index (χ4n) is 3.48. The van der Waals surface area contributed by atoms with E-state index in [1.165, 1.54) is 38.0 Å². The number of halogens is 1. The zero-order chi connectivity index (χ0) is 13.8. The Morgan fingerprint density at radius 2 is 1.80 bits per heavy atom. The van der Waals surface area contributed by atoms with Crippen molar-refractivity contribution in [3.8, 4) is 0 Å². The third-order valence-corrected chi connectivity index (χ3v) is 4.81. The lowest BCUT2D eigenvalue weighted by atomic mass is 9.97. The summed E-state index contributed by atoms with van der Waals surface area (Å²) < 4.78 is 0. The van der Waals surface area contributed by atoms with Gasteiger partial charge in [-0.3, -0.25) is 4.90 Å². The molecule has 1 unspecified atom stereocenters. The van der Waals surface area contributed by atoms with E-state index in [1.54, 1.807) is 0 Å². The van der Waals surface area contributed by atoms with E-state index in [-0.39, 0.29) is 0 Å². The van der Waals surface area contributed by atoms with Gasteiger partial charge in [-0.25, -0.2) is 0 Å². The van der Waals surface area contributed by atoms with E-state index in [4.69, 9.17) is 11.6 Å². The van der Waals surface area contributed by atoms with Crippen LogP contribution in [0.1, 0.15) is 18.4 Å². The quantitative estimate of drug-likeness (QED) is 0.891. The highest BCUT2D eigenvalue weighted by Crippen LogP contribution is 2.20. The third kappa shape index (κ3) is 3.53. The number of nitrogens with one attached hydrogen (secondary N) is 2. The van der Waals surface area contributed by atoms with Crippen LogP contribution in [0.15, 0.2) is 24.3 Å². The van der Waals surface area contributed by atoms with Crippen molar-refractivity contribution in [1.29, 1.82) is 0 Å². The standard InChI is InChI=1S/C16H24ClN3/c17-14-3-1-13(2-4-14)11-16-12-19-9-10-20(16)15-5-7-18-8-6-15/h1-4,15-16,18-19H,5-12H2. The Kier molecular flexibility index (Phi) is 4.94. The number of piperidine rings is 1. The van der Waals surface area contributed by atoms with Gasteiger partial charge in [0.15, 0.2) is 0 Å². The molecule has 0 aromatic heterocycles. The van der Waals surface area contributed by atoms with Gasteiger partial charge in [-0.2, -0.15) is 0 Å². The van der Waals surface area contributed by atoms with E-state index in [9.17, 15) is 0 Å². The van der Waals surface area contributed by atoms with E-state index >= 15 is 0 Å². The molecule has 2 saturated heterocycles. The van der Waals surface area contributed by atoms with Gasteiger partial charge in [-0.1, -0.05) is 23.7 Å². The van der Waals surface area contributed by atoms with Crippen LogP contribution in [0.25, 0.3) is 0 Å². The van der Waals surface area contributed by atoms with Crippen molar-refractivity contribution in [1.82, 2.24) is 15.5 Å². The van der Waals surface area contributed by atoms with E-state index in [1.807, 2.05) is 12.1 Å². The van der Waals surface area contributed by atoms with Gasteiger partial charge in [0.1, 0.15) is 0 Å². The van der Waals surface area contributed by atoms with Gasteiger partial charge < -0.3 is 10.6 Å². The highest BCUT2D eigenvalue weighted by Gasteiger charge is 2.29. The normalized spacial score (nSPS) is 25.8. The minimum Gasteiger partial charge on any atom is -0.317 e. The molecule has 110 valence electrons. The average molecular weight is 294 g/mol. The zero-order valence-electron chi connectivity index (χ0n) is 11.9. The molecule has 2 fully saturated rings. The molecule has 3 nitrogen and oxygen atoms in total. The Morgan fingerprint density at radius 3 is 2.55 bits per heavy atom. The largest absolute Gasteiger partial charge is 0.317 e. The molecule has 20 heavy (non-hydrogen) atoms. The first-order valence-electron chi connectivity index (χ1n) is 7.74. The molecule has 2 aliphatic rings. The molecule has 1 aromatic rings. The van der Waals surface area contributed by atoms with Crippen LogP contribution in [0.2, 0.25) is 5.02 Å². The summed E-state index contributed by atoms with van der Waals surface area (Å²) in [6.45, 7) is 5.75. The second-order valence-electron chi connectivity index (χ2n) is 5.91. The molecular weight excluding hydrogens is 270 g/mol. The van der Waals surface area contributed by atoms with Gasteiger partial charge in [0.25, 0.3) is 0 Å². The maximum atomic E-state index is 5.98. The Morgan fingerprint density at radius 1 is 1.05 bits per heavy atom. The van der Waals surface area contributed by atoms with Crippen LogP contribution in [-0.4, -0.2) is 49.7 Å². The van der Waals surface area contributed by atoms with Crippen molar-refractivity contribution in [2.45, 2.75) is 31.3 Å². The summed E-state index contributed by atoms with van der Waals surface area (Å²) in [5.74, 6) is 0. The highest BCUT2D eigenvalue weighted by atomic mass is 35.5. The maximum absolute atomic E-state index is 5.98. The summed E-state index contributed by atoms with van der Waals surface area (Å²) in [7, 11) is 0. The van der Waals surface area contributed by atoms with Gasteiger partial charge in [-0.05, 0) is 50.0 Å². The number of hydrogen-bond acceptors (Lipinski definition) is 3. The Labute approximate surface area is 126 Å². The number of nitrogens with zero attached hydrogens (tertiary/aromatic N) is 1. The first-order chi connectivity index (χ1) is 9.83. The van der Waals surface area contributed by atoms with Crippen molar-refractivity contribution < 1.29 is 0 Å². The van der Waals surface area contributed by atoms with Gasteiger partial charge >= 0.3 is 0 Å². The van der Waals surface area contributed by atoms with Crippen molar-refractivity contribution in [2.75, 3.05) is 32.7 Å². The molecule has 0 amide bonds. The summed E-state index contributed by atoms with van der Waals surface area (Å²) in [5.41, 5.74) is 1.39. The third-order valence-electron chi connectivity index (χ3n) is 4.56. The van der Waals surface area contributed by atoms with Gasteiger partial charge in [0.2, 0.25) is 0 Å². The molecule has 0 saturated carbocycles. The summed E-state index contributed by atoms with van der Waals surface area (Å²) >= 11 is 5.98. The van der Waals surface area contributed by atoms with E-state index in [2.05, 4.69) is 27.7 Å². The molecule has 2 aliphatic heterocycles. The Hall–Kier alpha value is -0.610. The lowest BCUT2D eigenvalue weighted by molar-refractivity contribution is 0.0861. The molecule has 3 rings (SSSR count). The Balaban J connectivity index is 1.66. The molecule has 1 atom stereocenters. The molecular formula is C16H24ClN3. The zero-order valence-corrected chi connectivity index (χ0v) is 12.7. The molecule has 2 N–H and O–H groups in total. The molecule has 0 radical (unpaired) electrons. The second kappa shape index (κ2) is 6.90. The Bertz CT molecular complexity index is 414. The SMILES string of the molecule is Clc1ccc(CC2CNCCN2C2CCNCC2)cc1. The molecule has 4 heteroatoms. The summed E-state index contributed by atoms with van der Waals surface area (Å²) in [5, 5.41) is 7.84. The van der Waals surface area contributed by atoms with E-state index in [0.29, 0.717) is 6.04 Å². The first-order valence-corrected chi connectivity index (χ1v) is 8.12.